The van der Waals surface area contributed by atoms with Crippen molar-refractivity contribution in [3.05, 3.63) is 79.6 Å². The van der Waals surface area contributed by atoms with E-state index in [1.807, 2.05) is 32.0 Å². The van der Waals surface area contributed by atoms with Crippen molar-refractivity contribution in [1.82, 2.24) is 4.57 Å². The van der Waals surface area contributed by atoms with Gasteiger partial charge < -0.3 is 18.9 Å². The number of rotatable bonds is 9. The number of thiazole rings is 1. The molecule has 0 bridgehead atoms. The van der Waals surface area contributed by atoms with Crippen LogP contribution in [0.5, 0.6) is 17.2 Å². The molecular weight excluding hydrogens is 774 g/mol. The summed E-state index contributed by atoms with van der Waals surface area (Å²) in [5.74, 6) is 0.429. The van der Waals surface area contributed by atoms with Crippen LogP contribution < -0.4 is 29.1 Å². The Kier molecular flexibility index (Phi) is 10.3. The first-order valence-electron chi connectivity index (χ1n) is 12.9. The number of fused-ring (bicyclic) bond motifs is 1. The third-order valence-electron chi connectivity index (χ3n) is 5.97. The molecule has 9 nitrogen and oxygen atoms in total. The largest absolute Gasteiger partial charge is 0.490 e. The van der Waals surface area contributed by atoms with Gasteiger partial charge in [-0.25, -0.2) is 9.79 Å². The Morgan fingerprint density at radius 1 is 1.05 bits per heavy atom. The quantitative estimate of drug-likeness (QED) is 0.175. The Morgan fingerprint density at radius 2 is 1.76 bits per heavy atom. The van der Waals surface area contributed by atoms with Gasteiger partial charge in [0.1, 0.15) is 0 Å². The summed E-state index contributed by atoms with van der Waals surface area (Å²) in [5, 5.41) is 0. The maximum absolute atomic E-state index is 14.1. The molecule has 1 aliphatic heterocycles. The minimum absolute atomic E-state index is 0.171. The first-order chi connectivity index (χ1) is 19.6. The third-order valence-corrected chi connectivity index (χ3v) is 8.38. The molecule has 0 unspecified atom stereocenters. The Labute approximate surface area is 268 Å². The smallest absolute Gasteiger partial charge is 0.338 e. The standard InChI is InChI=1S/C29H28I2N2O7S/c1-6-37-21-10-9-17(12-22(21)38-7-2)25-24(28(36)39-8-3)15(4)32-29-33(25)27(35)23(41-29)13-18-11-19(30)14-20(31)26(18)40-16(5)34/h9-14,25H,6-8H2,1-5H3/b23-13-/t25-/m0/s1. The maximum Gasteiger partial charge on any atom is 0.338 e. The lowest BCUT2D eigenvalue weighted by Crippen LogP contribution is -2.40. The Morgan fingerprint density at radius 3 is 2.41 bits per heavy atom. The normalized spacial score (nSPS) is 14.8. The molecule has 1 atom stereocenters. The lowest BCUT2D eigenvalue weighted by atomic mass is 9.95. The highest BCUT2D eigenvalue weighted by Gasteiger charge is 2.34. The van der Waals surface area contributed by atoms with Gasteiger partial charge in [0, 0.05) is 16.1 Å². The second-order valence-electron chi connectivity index (χ2n) is 8.77. The SMILES string of the molecule is CCOC(=O)C1=C(C)N=c2s/c(=C\c3cc(I)cc(I)c3OC(C)=O)c(=O)n2[C@H]1c1ccc(OCC)c(OCC)c1. The van der Waals surface area contributed by atoms with Crippen LogP contribution in [0.2, 0.25) is 0 Å². The first-order valence-corrected chi connectivity index (χ1v) is 15.8. The number of esters is 2. The molecule has 41 heavy (non-hydrogen) atoms. The minimum Gasteiger partial charge on any atom is -0.490 e. The number of halogens is 2. The fourth-order valence-electron chi connectivity index (χ4n) is 4.42. The van der Waals surface area contributed by atoms with E-state index in [0.29, 0.717) is 56.6 Å². The lowest BCUT2D eigenvalue weighted by molar-refractivity contribution is -0.139. The second kappa shape index (κ2) is 13.5. The first kappa shape index (κ1) is 31.2. The molecular formula is C29H28I2N2O7S. The average molecular weight is 802 g/mol. The maximum atomic E-state index is 14.1. The van der Waals surface area contributed by atoms with Crippen molar-refractivity contribution in [2.45, 2.75) is 40.7 Å². The minimum atomic E-state index is -0.814. The molecule has 0 saturated heterocycles. The van der Waals surface area contributed by atoms with Crippen LogP contribution in [0.25, 0.3) is 6.08 Å². The number of hydrogen-bond acceptors (Lipinski definition) is 9. The van der Waals surface area contributed by atoms with Crippen molar-refractivity contribution >= 4 is 74.5 Å². The zero-order valence-corrected chi connectivity index (χ0v) is 28.2. The van der Waals surface area contributed by atoms with E-state index in [4.69, 9.17) is 18.9 Å². The summed E-state index contributed by atoms with van der Waals surface area (Å²) >= 11 is 5.47. The van der Waals surface area contributed by atoms with Gasteiger partial charge in [0.15, 0.2) is 22.0 Å². The molecule has 0 fully saturated rings. The van der Waals surface area contributed by atoms with Gasteiger partial charge in [-0.2, -0.15) is 0 Å². The number of nitrogens with zero attached hydrogens (tertiary/aromatic N) is 2. The van der Waals surface area contributed by atoms with Crippen molar-refractivity contribution < 1.29 is 28.5 Å². The summed E-state index contributed by atoms with van der Waals surface area (Å²) in [4.78, 5) is 44.2. The molecule has 216 valence electrons. The lowest BCUT2D eigenvalue weighted by Gasteiger charge is -2.25. The van der Waals surface area contributed by atoms with Crippen molar-refractivity contribution in [2.24, 2.45) is 4.99 Å². The third kappa shape index (κ3) is 6.69. The summed E-state index contributed by atoms with van der Waals surface area (Å²) in [6.45, 7) is 9.58. The highest BCUT2D eigenvalue weighted by molar-refractivity contribution is 14.1. The molecule has 0 saturated carbocycles. The molecule has 2 heterocycles. The zero-order chi connectivity index (χ0) is 29.8. The zero-order valence-electron chi connectivity index (χ0n) is 23.1. The van der Waals surface area contributed by atoms with Crippen LogP contribution in [0.3, 0.4) is 0 Å². The Bertz CT molecular complexity index is 1730. The van der Waals surface area contributed by atoms with Crippen LogP contribution in [0, 0.1) is 7.14 Å². The predicted molar refractivity (Wildman–Crippen MR) is 172 cm³/mol. The number of benzene rings is 2. The van der Waals surface area contributed by atoms with Crippen LogP contribution in [0.1, 0.15) is 51.8 Å². The number of carbonyl (C=O) groups is 2. The Hall–Kier alpha value is -2.72. The number of aromatic nitrogens is 1. The van der Waals surface area contributed by atoms with Crippen LogP contribution in [0.4, 0.5) is 0 Å². The number of allylic oxidation sites excluding steroid dienone is 1. The van der Waals surface area contributed by atoms with E-state index in [1.165, 1.54) is 22.8 Å². The van der Waals surface area contributed by atoms with E-state index >= 15 is 0 Å². The van der Waals surface area contributed by atoms with Gasteiger partial charge >= 0.3 is 11.9 Å². The topological polar surface area (TPSA) is 105 Å². The van der Waals surface area contributed by atoms with E-state index in [2.05, 4.69) is 50.2 Å². The van der Waals surface area contributed by atoms with Gasteiger partial charge in [0.2, 0.25) is 0 Å². The second-order valence-corrected chi connectivity index (χ2v) is 12.2. The molecule has 0 spiro atoms. The molecule has 1 aromatic heterocycles. The average Bonchev–Trinajstić information content (AvgIpc) is 3.20. The number of carbonyl (C=O) groups excluding carboxylic acids is 2. The predicted octanol–water partition coefficient (Wildman–Crippen LogP) is 4.73. The van der Waals surface area contributed by atoms with Gasteiger partial charge in [0.05, 0.1) is 45.2 Å². The summed E-state index contributed by atoms with van der Waals surface area (Å²) in [5.41, 5.74) is 1.60. The van der Waals surface area contributed by atoms with Gasteiger partial charge in [-0.05, 0) is 109 Å². The molecule has 3 aromatic rings. The molecule has 0 amide bonds. The van der Waals surface area contributed by atoms with Gasteiger partial charge in [-0.1, -0.05) is 17.4 Å². The molecule has 12 heteroatoms. The number of ether oxygens (including phenoxy) is 4. The monoisotopic (exact) mass is 802 g/mol. The summed E-state index contributed by atoms with van der Waals surface area (Å²) in [6.07, 6.45) is 1.69. The molecule has 0 aliphatic carbocycles. The van der Waals surface area contributed by atoms with E-state index < -0.39 is 18.0 Å². The fourth-order valence-corrected chi connectivity index (χ4v) is 7.46. The molecule has 0 radical (unpaired) electrons. The summed E-state index contributed by atoms with van der Waals surface area (Å²) in [6, 6.07) is 8.29. The summed E-state index contributed by atoms with van der Waals surface area (Å²) < 4.78 is 26.0. The van der Waals surface area contributed by atoms with Crippen LogP contribution >= 0.6 is 56.5 Å². The van der Waals surface area contributed by atoms with E-state index in [1.54, 1.807) is 32.1 Å². The van der Waals surface area contributed by atoms with Crippen molar-refractivity contribution in [3.63, 3.8) is 0 Å². The van der Waals surface area contributed by atoms with E-state index in [9.17, 15) is 14.4 Å². The highest BCUT2D eigenvalue weighted by Crippen LogP contribution is 2.36. The van der Waals surface area contributed by atoms with Crippen LogP contribution in [-0.4, -0.2) is 36.3 Å². The van der Waals surface area contributed by atoms with Crippen molar-refractivity contribution in [2.75, 3.05) is 19.8 Å². The van der Waals surface area contributed by atoms with Gasteiger partial charge in [-0.3, -0.25) is 14.2 Å². The Balaban J connectivity index is 1.99. The van der Waals surface area contributed by atoms with Crippen LogP contribution in [-0.2, 0) is 14.3 Å². The highest BCUT2D eigenvalue weighted by atomic mass is 127. The number of hydrogen-bond donors (Lipinski definition) is 0. The van der Waals surface area contributed by atoms with Crippen molar-refractivity contribution in [3.8, 4) is 17.2 Å². The molecule has 0 N–H and O–H groups in total. The van der Waals surface area contributed by atoms with Gasteiger partial charge in [0.25, 0.3) is 5.56 Å². The van der Waals surface area contributed by atoms with Gasteiger partial charge in [-0.15, -0.1) is 0 Å². The fraction of sp³-hybridized carbons (Fsp3) is 0.310. The van der Waals surface area contributed by atoms with Crippen LogP contribution in [0.15, 0.2) is 51.4 Å². The van der Waals surface area contributed by atoms with E-state index in [-0.39, 0.29) is 17.7 Å². The van der Waals surface area contributed by atoms with Crippen molar-refractivity contribution in [1.29, 1.82) is 0 Å². The molecule has 4 rings (SSSR count). The molecule has 2 aromatic carbocycles. The molecule has 1 aliphatic rings. The summed E-state index contributed by atoms with van der Waals surface area (Å²) in [7, 11) is 0. The van der Waals surface area contributed by atoms with E-state index in [0.717, 1.165) is 7.14 Å².